The largest absolute Gasteiger partial charge is 0.392 e. The summed E-state index contributed by atoms with van der Waals surface area (Å²) in [6, 6.07) is 8.42. The van der Waals surface area contributed by atoms with Gasteiger partial charge < -0.3 is 10.4 Å². The summed E-state index contributed by atoms with van der Waals surface area (Å²) < 4.78 is 1.07. The van der Waals surface area contributed by atoms with Crippen LogP contribution in [0.4, 0.5) is 0 Å². The topological polar surface area (TPSA) is 45.1 Å². The van der Waals surface area contributed by atoms with Gasteiger partial charge in [0.1, 0.15) is 0 Å². The highest BCUT2D eigenvalue weighted by Crippen LogP contribution is 2.25. The predicted octanol–water partition coefficient (Wildman–Crippen LogP) is 3.78. The molecule has 0 amide bonds. The number of fused-ring (bicyclic) bond motifs is 1. The van der Waals surface area contributed by atoms with E-state index in [0.717, 1.165) is 41.2 Å². The Balaban J connectivity index is 1.77. The van der Waals surface area contributed by atoms with Crippen molar-refractivity contribution in [1.82, 2.24) is 10.3 Å². The third-order valence-corrected chi connectivity index (χ3v) is 5.03. The van der Waals surface area contributed by atoms with Crippen LogP contribution in [-0.2, 0) is 6.54 Å². The molecule has 112 valence electrons. The quantitative estimate of drug-likeness (QED) is 0.829. The first kappa shape index (κ1) is 14.9. The maximum absolute atomic E-state index is 10.2. The predicted molar refractivity (Wildman–Crippen MR) is 89.2 cm³/mol. The SMILES string of the molecule is OC1CCCCCC1NCc1ccc(Br)c2cccnc12. The maximum Gasteiger partial charge on any atom is 0.0758 e. The molecule has 0 aliphatic heterocycles. The molecule has 21 heavy (non-hydrogen) atoms. The van der Waals surface area contributed by atoms with Crippen LogP contribution in [0.15, 0.2) is 34.9 Å². The Labute approximate surface area is 133 Å². The Morgan fingerprint density at radius 1 is 1.19 bits per heavy atom. The molecule has 2 aromatic rings. The molecule has 0 bridgehead atoms. The van der Waals surface area contributed by atoms with Gasteiger partial charge in [-0.15, -0.1) is 0 Å². The lowest BCUT2D eigenvalue weighted by Gasteiger charge is -2.22. The lowest BCUT2D eigenvalue weighted by molar-refractivity contribution is 0.119. The van der Waals surface area contributed by atoms with Crippen molar-refractivity contribution < 1.29 is 5.11 Å². The van der Waals surface area contributed by atoms with E-state index in [1.165, 1.54) is 18.4 Å². The highest BCUT2D eigenvalue weighted by atomic mass is 79.9. The van der Waals surface area contributed by atoms with Gasteiger partial charge in [0.25, 0.3) is 0 Å². The molecular weight excluding hydrogens is 328 g/mol. The van der Waals surface area contributed by atoms with Gasteiger partial charge in [-0.3, -0.25) is 4.98 Å². The monoisotopic (exact) mass is 348 g/mol. The zero-order valence-corrected chi connectivity index (χ0v) is 13.6. The van der Waals surface area contributed by atoms with Gasteiger partial charge in [0.15, 0.2) is 0 Å². The molecule has 1 heterocycles. The van der Waals surface area contributed by atoms with Gasteiger partial charge in [-0.05, 0) is 30.5 Å². The van der Waals surface area contributed by atoms with Gasteiger partial charge in [-0.2, -0.15) is 0 Å². The number of benzene rings is 1. The van der Waals surface area contributed by atoms with Crippen molar-refractivity contribution in [3.05, 3.63) is 40.5 Å². The average Bonchev–Trinajstić information content (AvgIpc) is 2.72. The summed E-state index contributed by atoms with van der Waals surface area (Å²) in [6.07, 6.45) is 7.16. The molecule has 0 spiro atoms. The number of aliphatic hydroxyl groups is 1. The molecule has 1 aromatic heterocycles. The van der Waals surface area contributed by atoms with Crippen LogP contribution in [-0.4, -0.2) is 22.2 Å². The summed E-state index contributed by atoms with van der Waals surface area (Å²) in [4.78, 5) is 4.51. The molecule has 0 radical (unpaired) electrons. The van der Waals surface area contributed by atoms with Crippen LogP contribution in [0.25, 0.3) is 10.9 Å². The fourth-order valence-electron chi connectivity index (χ4n) is 3.11. The highest BCUT2D eigenvalue weighted by Gasteiger charge is 2.21. The fraction of sp³-hybridized carbons (Fsp3) is 0.471. The molecule has 1 aliphatic rings. The first-order valence-electron chi connectivity index (χ1n) is 7.69. The minimum absolute atomic E-state index is 0.204. The smallest absolute Gasteiger partial charge is 0.0758 e. The van der Waals surface area contributed by atoms with E-state index in [9.17, 15) is 5.11 Å². The third-order valence-electron chi connectivity index (χ3n) is 4.33. The minimum Gasteiger partial charge on any atom is -0.392 e. The lowest BCUT2D eigenvalue weighted by Crippen LogP contribution is -2.38. The summed E-state index contributed by atoms with van der Waals surface area (Å²) in [6.45, 7) is 0.753. The summed E-state index contributed by atoms with van der Waals surface area (Å²) in [7, 11) is 0. The fourth-order valence-corrected chi connectivity index (χ4v) is 3.56. The van der Waals surface area contributed by atoms with Crippen LogP contribution in [0.3, 0.4) is 0 Å². The normalized spacial score (nSPS) is 23.1. The minimum atomic E-state index is -0.220. The first-order valence-corrected chi connectivity index (χ1v) is 8.48. The van der Waals surface area contributed by atoms with Gasteiger partial charge in [0.05, 0.1) is 11.6 Å². The van der Waals surface area contributed by atoms with Crippen molar-refractivity contribution in [2.45, 2.75) is 50.8 Å². The van der Waals surface area contributed by atoms with Gasteiger partial charge in [0.2, 0.25) is 0 Å². The first-order chi connectivity index (χ1) is 10.3. The Kier molecular flexibility index (Phi) is 4.88. The lowest BCUT2D eigenvalue weighted by atomic mass is 10.0. The van der Waals surface area contributed by atoms with E-state index in [-0.39, 0.29) is 12.1 Å². The molecule has 1 aromatic carbocycles. The number of rotatable bonds is 3. The molecule has 1 aliphatic carbocycles. The van der Waals surface area contributed by atoms with E-state index in [4.69, 9.17) is 0 Å². The number of aromatic nitrogens is 1. The van der Waals surface area contributed by atoms with Crippen molar-refractivity contribution in [2.24, 2.45) is 0 Å². The van der Waals surface area contributed by atoms with E-state index in [0.29, 0.717) is 0 Å². The van der Waals surface area contributed by atoms with Crippen molar-refractivity contribution >= 4 is 26.8 Å². The van der Waals surface area contributed by atoms with Gasteiger partial charge in [-0.1, -0.05) is 47.3 Å². The summed E-state index contributed by atoms with van der Waals surface area (Å²) in [5, 5.41) is 14.9. The molecule has 2 unspecified atom stereocenters. The Morgan fingerprint density at radius 3 is 2.95 bits per heavy atom. The molecule has 4 heteroatoms. The molecular formula is C17H21BrN2O. The zero-order valence-electron chi connectivity index (χ0n) is 12.1. The van der Waals surface area contributed by atoms with E-state index >= 15 is 0 Å². The van der Waals surface area contributed by atoms with E-state index < -0.39 is 0 Å². The van der Waals surface area contributed by atoms with Crippen molar-refractivity contribution in [3.8, 4) is 0 Å². The Hall–Kier alpha value is -0.970. The second-order valence-electron chi connectivity index (χ2n) is 5.80. The van der Waals surface area contributed by atoms with Gasteiger partial charge >= 0.3 is 0 Å². The van der Waals surface area contributed by atoms with Crippen LogP contribution in [0.1, 0.15) is 37.7 Å². The number of pyridine rings is 1. The summed E-state index contributed by atoms with van der Waals surface area (Å²) in [5.74, 6) is 0. The molecule has 2 N–H and O–H groups in total. The number of hydrogen-bond donors (Lipinski definition) is 2. The zero-order chi connectivity index (χ0) is 14.7. The second-order valence-corrected chi connectivity index (χ2v) is 6.65. The number of halogens is 1. The number of nitrogens with one attached hydrogen (secondary N) is 1. The van der Waals surface area contributed by atoms with E-state index in [1.807, 2.05) is 12.3 Å². The maximum atomic E-state index is 10.2. The van der Waals surface area contributed by atoms with Crippen LogP contribution < -0.4 is 5.32 Å². The number of hydrogen-bond acceptors (Lipinski definition) is 3. The van der Waals surface area contributed by atoms with Gasteiger partial charge in [-0.25, -0.2) is 0 Å². The molecule has 3 nitrogen and oxygen atoms in total. The van der Waals surface area contributed by atoms with Crippen molar-refractivity contribution in [2.75, 3.05) is 0 Å². The summed E-state index contributed by atoms with van der Waals surface area (Å²) in [5.41, 5.74) is 2.22. The van der Waals surface area contributed by atoms with Crippen LogP contribution in [0, 0.1) is 0 Å². The molecule has 2 atom stereocenters. The Bertz CT molecular complexity index is 617. The number of nitrogens with zero attached hydrogens (tertiary/aromatic N) is 1. The second kappa shape index (κ2) is 6.86. The van der Waals surface area contributed by atoms with Gasteiger partial charge in [0, 0.05) is 28.6 Å². The third kappa shape index (κ3) is 3.44. The number of aliphatic hydroxyl groups excluding tert-OH is 1. The Morgan fingerprint density at radius 2 is 2.05 bits per heavy atom. The van der Waals surface area contributed by atoms with Crippen molar-refractivity contribution in [1.29, 1.82) is 0 Å². The van der Waals surface area contributed by atoms with Crippen LogP contribution >= 0.6 is 15.9 Å². The van der Waals surface area contributed by atoms with Crippen LogP contribution in [0.2, 0.25) is 0 Å². The highest BCUT2D eigenvalue weighted by molar-refractivity contribution is 9.10. The molecule has 1 fully saturated rings. The molecule has 0 saturated heterocycles. The van der Waals surface area contributed by atoms with Crippen molar-refractivity contribution in [3.63, 3.8) is 0 Å². The summed E-state index contributed by atoms with van der Waals surface area (Å²) >= 11 is 3.58. The van der Waals surface area contributed by atoms with Crippen LogP contribution in [0.5, 0.6) is 0 Å². The van der Waals surface area contributed by atoms with E-state index in [1.54, 1.807) is 0 Å². The molecule has 1 saturated carbocycles. The average molecular weight is 349 g/mol. The standard InChI is InChI=1S/C17H21BrN2O/c18-14-9-8-12(17-13(14)5-4-10-19-17)11-20-15-6-2-1-3-7-16(15)21/h4-5,8-10,15-16,20-21H,1-3,6-7,11H2. The molecule has 3 rings (SSSR count). The van der Waals surface area contributed by atoms with E-state index in [2.05, 4.69) is 44.4 Å².